The molecule has 2 aromatic rings. The Morgan fingerprint density at radius 2 is 2.05 bits per heavy atom. The van der Waals surface area contributed by atoms with Crippen LogP contribution < -0.4 is 15.2 Å². The molecular formula is C13H16BrN3O2. The lowest BCUT2D eigenvalue weighted by Gasteiger charge is -2.17. The van der Waals surface area contributed by atoms with E-state index >= 15 is 0 Å². The van der Waals surface area contributed by atoms with E-state index in [9.17, 15) is 0 Å². The quantitative estimate of drug-likeness (QED) is 0.936. The molecular weight excluding hydrogens is 310 g/mol. The van der Waals surface area contributed by atoms with E-state index in [-0.39, 0.29) is 6.04 Å². The molecule has 0 aliphatic rings. The van der Waals surface area contributed by atoms with Gasteiger partial charge in [0.2, 0.25) is 0 Å². The Hall–Kier alpha value is -1.53. The first-order valence-corrected chi connectivity index (χ1v) is 6.52. The highest BCUT2D eigenvalue weighted by molar-refractivity contribution is 9.10. The monoisotopic (exact) mass is 325 g/mol. The molecule has 2 rings (SSSR count). The van der Waals surface area contributed by atoms with Gasteiger partial charge in [-0.3, -0.25) is 4.68 Å². The molecule has 0 saturated carbocycles. The van der Waals surface area contributed by atoms with E-state index in [2.05, 4.69) is 21.0 Å². The van der Waals surface area contributed by atoms with E-state index < -0.39 is 0 Å². The summed E-state index contributed by atoms with van der Waals surface area (Å²) in [5.74, 6) is 1.46. The van der Waals surface area contributed by atoms with Gasteiger partial charge in [0.15, 0.2) is 0 Å². The highest BCUT2D eigenvalue weighted by Gasteiger charge is 2.20. The summed E-state index contributed by atoms with van der Waals surface area (Å²) in [4.78, 5) is 0. The maximum atomic E-state index is 6.34. The third kappa shape index (κ3) is 2.59. The van der Waals surface area contributed by atoms with Gasteiger partial charge in [-0.1, -0.05) is 0 Å². The minimum absolute atomic E-state index is 0.355. The molecule has 2 N–H and O–H groups in total. The summed E-state index contributed by atoms with van der Waals surface area (Å²) < 4.78 is 13.2. The number of nitrogens with zero attached hydrogens (tertiary/aromatic N) is 2. The number of aromatic nitrogens is 2. The Morgan fingerprint density at radius 1 is 1.32 bits per heavy atom. The predicted molar refractivity (Wildman–Crippen MR) is 76.5 cm³/mol. The number of halogens is 1. The normalized spacial score (nSPS) is 12.3. The van der Waals surface area contributed by atoms with Crippen LogP contribution in [0.4, 0.5) is 0 Å². The second-order valence-corrected chi connectivity index (χ2v) is 4.94. The summed E-state index contributed by atoms with van der Waals surface area (Å²) in [6, 6.07) is 5.21. The fraction of sp³-hybridized carbons (Fsp3) is 0.308. The molecule has 0 bridgehead atoms. The van der Waals surface area contributed by atoms with Crippen molar-refractivity contribution in [2.24, 2.45) is 12.8 Å². The molecule has 0 saturated heterocycles. The number of rotatable bonds is 4. The number of methoxy groups -OCH3 is 2. The predicted octanol–water partition coefficient (Wildman–Crippen LogP) is 2.25. The van der Waals surface area contributed by atoms with Gasteiger partial charge in [-0.15, -0.1) is 0 Å². The molecule has 6 heteroatoms. The van der Waals surface area contributed by atoms with E-state index in [1.807, 2.05) is 25.2 Å². The van der Waals surface area contributed by atoms with E-state index in [0.717, 1.165) is 27.2 Å². The Bertz CT molecular complexity index is 564. The van der Waals surface area contributed by atoms with Gasteiger partial charge in [0.05, 0.1) is 36.6 Å². The first-order valence-electron chi connectivity index (χ1n) is 5.73. The molecule has 0 radical (unpaired) electrons. The lowest BCUT2D eigenvalue weighted by Crippen LogP contribution is -2.17. The third-order valence-electron chi connectivity index (χ3n) is 3.00. The van der Waals surface area contributed by atoms with Crippen LogP contribution in [0, 0.1) is 0 Å². The van der Waals surface area contributed by atoms with Crippen molar-refractivity contribution < 1.29 is 9.47 Å². The van der Waals surface area contributed by atoms with Crippen LogP contribution in [0.25, 0.3) is 0 Å². The van der Waals surface area contributed by atoms with Crippen LogP contribution in [0.1, 0.15) is 17.3 Å². The van der Waals surface area contributed by atoms with Gasteiger partial charge in [0, 0.05) is 12.6 Å². The van der Waals surface area contributed by atoms with Crippen LogP contribution in [0.15, 0.2) is 28.9 Å². The largest absolute Gasteiger partial charge is 0.497 e. The number of benzene rings is 1. The van der Waals surface area contributed by atoms with Crippen molar-refractivity contribution >= 4 is 15.9 Å². The number of nitrogens with two attached hydrogens (primary N) is 1. The Kier molecular flexibility index (Phi) is 4.11. The summed E-state index contributed by atoms with van der Waals surface area (Å²) >= 11 is 3.46. The SMILES string of the molecule is COc1ccc(OC)c(C(N)c2c(Br)cnn2C)c1. The zero-order valence-electron chi connectivity index (χ0n) is 11.1. The molecule has 5 nitrogen and oxygen atoms in total. The average Bonchev–Trinajstić information content (AvgIpc) is 2.76. The second kappa shape index (κ2) is 5.63. The molecule has 0 spiro atoms. The Labute approximate surface area is 120 Å². The van der Waals surface area contributed by atoms with Crippen LogP contribution in [0.5, 0.6) is 11.5 Å². The Morgan fingerprint density at radius 3 is 2.58 bits per heavy atom. The molecule has 1 aromatic heterocycles. The average molecular weight is 326 g/mol. The maximum absolute atomic E-state index is 6.34. The van der Waals surface area contributed by atoms with E-state index in [1.54, 1.807) is 25.1 Å². The zero-order valence-corrected chi connectivity index (χ0v) is 12.6. The number of hydrogen-bond donors (Lipinski definition) is 1. The van der Waals surface area contributed by atoms with Crippen molar-refractivity contribution in [2.45, 2.75) is 6.04 Å². The first-order chi connectivity index (χ1) is 9.08. The fourth-order valence-corrected chi connectivity index (χ4v) is 2.59. The second-order valence-electron chi connectivity index (χ2n) is 4.09. The molecule has 0 fully saturated rings. The first kappa shape index (κ1) is 13.9. The summed E-state index contributed by atoms with van der Waals surface area (Å²) in [5, 5.41) is 4.18. The van der Waals surface area contributed by atoms with Crippen LogP contribution in [0.2, 0.25) is 0 Å². The van der Waals surface area contributed by atoms with Gasteiger partial charge >= 0.3 is 0 Å². The lowest BCUT2D eigenvalue weighted by atomic mass is 10.0. The Balaban J connectivity index is 2.51. The van der Waals surface area contributed by atoms with Crippen LogP contribution >= 0.6 is 15.9 Å². The van der Waals surface area contributed by atoms with Crippen molar-refractivity contribution in [1.82, 2.24) is 9.78 Å². The molecule has 1 unspecified atom stereocenters. The van der Waals surface area contributed by atoms with Gasteiger partial charge in [0.1, 0.15) is 11.5 Å². The summed E-state index contributed by atoms with van der Waals surface area (Å²) in [7, 11) is 5.10. The maximum Gasteiger partial charge on any atom is 0.124 e. The lowest BCUT2D eigenvalue weighted by molar-refractivity contribution is 0.396. The van der Waals surface area contributed by atoms with E-state index in [1.165, 1.54) is 0 Å². The highest BCUT2D eigenvalue weighted by atomic mass is 79.9. The molecule has 0 aliphatic heterocycles. The standard InChI is InChI=1S/C13H16BrN3O2/c1-17-13(10(14)7-16-17)12(15)9-6-8(18-2)4-5-11(9)19-3/h4-7,12H,15H2,1-3H3. The van der Waals surface area contributed by atoms with Gasteiger partial charge in [-0.05, 0) is 34.1 Å². The molecule has 102 valence electrons. The van der Waals surface area contributed by atoms with Crippen molar-refractivity contribution in [3.8, 4) is 11.5 Å². The number of aryl methyl sites for hydroxylation is 1. The van der Waals surface area contributed by atoms with Gasteiger partial charge in [0.25, 0.3) is 0 Å². The molecule has 0 aliphatic carbocycles. The summed E-state index contributed by atoms with van der Waals surface area (Å²) in [6.07, 6.45) is 1.72. The van der Waals surface area contributed by atoms with Crippen LogP contribution in [0.3, 0.4) is 0 Å². The topological polar surface area (TPSA) is 62.3 Å². The van der Waals surface area contributed by atoms with Gasteiger partial charge in [-0.25, -0.2) is 0 Å². The van der Waals surface area contributed by atoms with Gasteiger partial charge in [-0.2, -0.15) is 5.10 Å². The molecule has 19 heavy (non-hydrogen) atoms. The third-order valence-corrected chi connectivity index (χ3v) is 3.62. The van der Waals surface area contributed by atoms with Crippen molar-refractivity contribution in [1.29, 1.82) is 0 Å². The van der Waals surface area contributed by atoms with E-state index in [4.69, 9.17) is 15.2 Å². The molecule has 1 aromatic carbocycles. The van der Waals surface area contributed by atoms with E-state index in [0.29, 0.717) is 0 Å². The molecule has 0 amide bonds. The molecule has 1 atom stereocenters. The van der Waals surface area contributed by atoms with Crippen molar-refractivity contribution in [3.05, 3.63) is 40.1 Å². The van der Waals surface area contributed by atoms with Gasteiger partial charge < -0.3 is 15.2 Å². The fourth-order valence-electron chi connectivity index (χ4n) is 2.00. The minimum atomic E-state index is -0.355. The van der Waals surface area contributed by atoms with Crippen LogP contribution in [-0.2, 0) is 7.05 Å². The minimum Gasteiger partial charge on any atom is -0.497 e. The zero-order chi connectivity index (χ0) is 14.0. The summed E-state index contributed by atoms with van der Waals surface area (Å²) in [5.41, 5.74) is 8.07. The highest BCUT2D eigenvalue weighted by Crippen LogP contribution is 2.34. The van der Waals surface area contributed by atoms with Crippen molar-refractivity contribution in [3.63, 3.8) is 0 Å². The van der Waals surface area contributed by atoms with Crippen molar-refractivity contribution in [2.75, 3.05) is 14.2 Å². The molecule has 1 heterocycles. The van der Waals surface area contributed by atoms with Crippen LogP contribution in [-0.4, -0.2) is 24.0 Å². The summed E-state index contributed by atoms with van der Waals surface area (Å²) in [6.45, 7) is 0. The number of hydrogen-bond acceptors (Lipinski definition) is 4. The number of ether oxygens (including phenoxy) is 2. The smallest absolute Gasteiger partial charge is 0.124 e.